The van der Waals surface area contributed by atoms with E-state index in [0.29, 0.717) is 11.3 Å². The van der Waals surface area contributed by atoms with Crippen molar-refractivity contribution in [3.8, 4) is 5.75 Å². The molecule has 29 heavy (non-hydrogen) atoms. The third-order valence-electron chi connectivity index (χ3n) is 3.91. The van der Waals surface area contributed by atoms with Crippen LogP contribution in [-0.2, 0) is 16.1 Å². The molecule has 2 rings (SSSR count). The average Bonchev–Trinajstić information content (AvgIpc) is 2.68. The van der Waals surface area contributed by atoms with Crippen LogP contribution in [0.5, 0.6) is 5.75 Å². The van der Waals surface area contributed by atoms with Gasteiger partial charge in [0.25, 0.3) is 5.91 Å². The molecule has 154 valence electrons. The van der Waals surface area contributed by atoms with Gasteiger partial charge in [0.05, 0.1) is 5.02 Å². The van der Waals surface area contributed by atoms with Gasteiger partial charge in [-0.1, -0.05) is 35.9 Å². The van der Waals surface area contributed by atoms with E-state index in [-0.39, 0.29) is 48.5 Å². The standard InChI is InChI=1S/C21H21ClF2N2O3/c1-13-3-7-18(23)15(9-13)11-25-20(27)8-4-14(2)26-21(28)12-29-16-5-6-17(22)19(24)10-16/h3,5-7,9-10H,2,4,8,11-12H2,1H3,(H,25,27)(H,26,28). The first kappa shape index (κ1) is 22.4. The van der Waals surface area contributed by atoms with Gasteiger partial charge in [-0.05, 0) is 31.5 Å². The minimum Gasteiger partial charge on any atom is -0.484 e. The first-order chi connectivity index (χ1) is 13.7. The fraction of sp³-hybridized carbons (Fsp3) is 0.238. The summed E-state index contributed by atoms with van der Waals surface area (Å²) in [5, 5.41) is 5.09. The number of carbonyl (C=O) groups excluding carboxylic acids is 2. The number of hydrogen-bond acceptors (Lipinski definition) is 3. The second kappa shape index (κ2) is 10.6. The lowest BCUT2D eigenvalue weighted by Crippen LogP contribution is -2.29. The van der Waals surface area contributed by atoms with Gasteiger partial charge in [0.2, 0.25) is 5.91 Å². The SMILES string of the molecule is C=C(CCC(=O)NCc1cc(C)ccc1F)NC(=O)COc1ccc(Cl)c(F)c1. The van der Waals surface area contributed by atoms with Crippen LogP contribution in [-0.4, -0.2) is 18.4 Å². The summed E-state index contributed by atoms with van der Waals surface area (Å²) in [4.78, 5) is 23.8. The number of nitrogens with one attached hydrogen (secondary N) is 2. The third kappa shape index (κ3) is 7.54. The number of hydrogen-bond donors (Lipinski definition) is 2. The smallest absolute Gasteiger partial charge is 0.262 e. The second-order valence-electron chi connectivity index (χ2n) is 6.39. The maximum Gasteiger partial charge on any atom is 0.262 e. The summed E-state index contributed by atoms with van der Waals surface area (Å²) in [6.45, 7) is 5.26. The van der Waals surface area contributed by atoms with Gasteiger partial charge in [-0.15, -0.1) is 0 Å². The van der Waals surface area contributed by atoms with Crippen molar-refractivity contribution in [2.45, 2.75) is 26.3 Å². The van der Waals surface area contributed by atoms with Gasteiger partial charge in [0.1, 0.15) is 17.4 Å². The molecule has 0 spiro atoms. The van der Waals surface area contributed by atoms with Crippen LogP contribution in [0.25, 0.3) is 0 Å². The molecule has 0 unspecified atom stereocenters. The number of rotatable bonds is 9. The van der Waals surface area contributed by atoms with Gasteiger partial charge in [-0.25, -0.2) is 8.78 Å². The Hall–Kier alpha value is -2.93. The van der Waals surface area contributed by atoms with Crippen molar-refractivity contribution >= 4 is 23.4 Å². The Kier molecular flexibility index (Phi) is 8.15. The molecule has 5 nitrogen and oxygen atoms in total. The van der Waals surface area contributed by atoms with Crippen LogP contribution in [0.2, 0.25) is 5.02 Å². The molecular formula is C21H21ClF2N2O3. The summed E-state index contributed by atoms with van der Waals surface area (Å²) in [5.74, 6) is -1.66. The Morgan fingerprint density at radius 3 is 2.55 bits per heavy atom. The molecule has 0 aliphatic carbocycles. The van der Waals surface area contributed by atoms with Gasteiger partial charge < -0.3 is 15.4 Å². The zero-order valence-electron chi connectivity index (χ0n) is 15.9. The number of halogens is 3. The van der Waals surface area contributed by atoms with Crippen LogP contribution in [0.4, 0.5) is 8.78 Å². The normalized spacial score (nSPS) is 10.3. The highest BCUT2D eigenvalue weighted by molar-refractivity contribution is 6.30. The van der Waals surface area contributed by atoms with Crippen molar-refractivity contribution in [1.29, 1.82) is 0 Å². The second-order valence-corrected chi connectivity index (χ2v) is 6.80. The molecule has 0 radical (unpaired) electrons. The summed E-state index contributed by atoms with van der Waals surface area (Å²) in [7, 11) is 0. The predicted molar refractivity (Wildman–Crippen MR) is 106 cm³/mol. The van der Waals surface area contributed by atoms with E-state index >= 15 is 0 Å². The molecule has 0 bridgehead atoms. The highest BCUT2D eigenvalue weighted by Gasteiger charge is 2.09. The number of ether oxygens (including phenoxy) is 1. The molecule has 2 aromatic rings. The van der Waals surface area contributed by atoms with E-state index in [1.807, 2.05) is 6.92 Å². The van der Waals surface area contributed by atoms with Gasteiger partial charge in [-0.3, -0.25) is 9.59 Å². The number of aryl methyl sites for hydroxylation is 1. The summed E-state index contributed by atoms with van der Waals surface area (Å²) in [6, 6.07) is 8.52. The van der Waals surface area contributed by atoms with Crippen LogP contribution in [0.1, 0.15) is 24.0 Å². The molecule has 0 saturated heterocycles. The van der Waals surface area contributed by atoms with Crippen LogP contribution in [0.3, 0.4) is 0 Å². The van der Waals surface area contributed by atoms with Crippen LogP contribution < -0.4 is 15.4 Å². The van der Waals surface area contributed by atoms with Crippen molar-refractivity contribution in [3.63, 3.8) is 0 Å². The molecule has 2 aromatic carbocycles. The molecule has 2 amide bonds. The van der Waals surface area contributed by atoms with E-state index in [0.717, 1.165) is 11.6 Å². The molecule has 8 heteroatoms. The Morgan fingerprint density at radius 2 is 1.83 bits per heavy atom. The summed E-state index contributed by atoms with van der Waals surface area (Å²) in [5.41, 5.74) is 1.63. The minimum absolute atomic E-state index is 0.0430. The summed E-state index contributed by atoms with van der Waals surface area (Å²) < 4.78 is 32.2. The molecule has 0 aromatic heterocycles. The molecule has 0 atom stereocenters. The number of amides is 2. The van der Waals surface area contributed by atoms with Crippen molar-refractivity contribution in [2.24, 2.45) is 0 Å². The van der Waals surface area contributed by atoms with Crippen LogP contribution >= 0.6 is 11.6 Å². The van der Waals surface area contributed by atoms with Crippen LogP contribution in [0, 0.1) is 18.6 Å². The Labute approximate surface area is 172 Å². The fourth-order valence-electron chi connectivity index (χ4n) is 2.40. The minimum atomic E-state index is -0.648. The maximum atomic E-state index is 13.7. The Balaban J connectivity index is 1.68. The topological polar surface area (TPSA) is 67.4 Å². The van der Waals surface area contributed by atoms with E-state index < -0.39 is 11.7 Å². The quantitative estimate of drug-likeness (QED) is 0.641. The highest BCUT2D eigenvalue weighted by atomic mass is 35.5. The van der Waals surface area contributed by atoms with Gasteiger partial charge in [-0.2, -0.15) is 0 Å². The van der Waals surface area contributed by atoms with E-state index in [4.69, 9.17) is 16.3 Å². The van der Waals surface area contributed by atoms with Crippen molar-refractivity contribution in [3.05, 3.63) is 76.5 Å². The lowest BCUT2D eigenvalue weighted by atomic mass is 10.1. The van der Waals surface area contributed by atoms with Gasteiger partial charge in [0.15, 0.2) is 6.61 Å². The first-order valence-corrected chi connectivity index (χ1v) is 9.19. The van der Waals surface area contributed by atoms with E-state index in [1.165, 1.54) is 18.2 Å². The van der Waals surface area contributed by atoms with Crippen LogP contribution in [0.15, 0.2) is 48.7 Å². The molecular weight excluding hydrogens is 402 g/mol. The van der Waals surface area contributed by atoms with Crippen molar-refractivity contribution in [1.82, 2.24) is 10.6 Å². The number of allylic oxidation sites excluding steroid dienone is 1. The maximum absolute atomic E-state index is 13.7. The molecule has 0 heterocycles. The molecule has 0 saturated carbocycles. The van der Waals surface area contributed by atoms with E-state index in [2.05, 4.69) is 17.2 Å². The van der Waals surface area contributed by atoms with Crippen molar-refractivity contribution in [2.75, 3.05) is 6.61 Å². The first-order valence-electron chi connectivity index (χ1n) is 8.82. The van der Waals surface area contributed by atoms with E-state index in [1.54, 1.807) is 12.1 Å². The summed E-state index contributed by atoms with van der Waals surface area (Å²) in [6.07, 6.45) is 0.291. The van der Waals surface area contributed by atoms with Gasteiger partial charge in [0, 0.05) is 30.3 Å². The number of benzene rings is 2. The predicted octanol–water partition coefficient (Wildman–Crippen LogP) is 4.03. The van der Waals surface area contributed by atoms with E-state index in [9.17, 15) is 18.4 Å². The Morgan fingerprint density at radius 1 is 1.07 bits per heavy atom. The molecule has 0 aliphatic heterocycles. The average molecular weight is 423 g/mol. The lowest BCUT2D eigenvalue weighted by molar-refractivity contribution is -0.123. The molecule has 2 N–H and O–H groups in total. The van der Waals surface area contributed by atoms with Crippen molar-refractivity contribution < 1.29 is 23.1 Å². The largest absolute Gasteiger partial charge is 0.484 e. The number of carbonyl (C=O) groups is 2. The van der Waals surface area contributed by atoms with Gasteiger partial charge >= 0.3 is 0 Å². The Bertz CT molecular complexity index is 919. The zero-order valence-corrected chi connectivity index (χ0v) is 16.6. The monoisotopic (exact) mass is 422 g/mol. The molecule has 0 aliphatic rings. The molecule has 0 fully saturated rings. The zero-order chi connectivity index (χ0) is 21.4. The highest BCUT2D eigenvalue weighted by Crippen LogP contribution is 2.20. The lowest BCUT2D eigenvalue weighted by Gasteiger charge is -2.11. The fourth-order valence-corrected chi connectivity index (χ4v) is 2.51. The summed E-state index contributed by atoms with van der Waals surface area (Å²) >= 11 is 5.57. The third-order valence-corrected chi connectivity index (χ3v) is 4.21.